The molecule has 0 aromatic carbocycles. The summed E-state index contributed by atoms with van der Waals surface area (Å²) in [6, 6.07) is 9.75. The van der Waals surface area contributed by atoms with Crippen molar-refractivity contribution in [1.82, 2.24) is 14.7 Å². The fourth-order valence-electron chi connectivity index (χ4n) is 2.13. The Morgan fingerprint density at radius 2 is 2.00 bits per heavy atom. The SMILES string of the molecule is C=C/C=C(/C)N(CC)/N=C/c1cccc(/C=N/n2cccc2C)n1. The normalized spacial score (nSPS) is 12.2. The minimum Gasteiger partial charge on any atom is -0.270 e. The largest absolute Gasteiger partial charge is 0.270 e. The van der Waals surface area contributed by atoms with E-state index in [1.165, 1.54) is 0 Å². The molecule has 0 radical (unpaired) electrons. The first kappa shape index (κ1) is 17.4. The highest BCUT2D eigenvalue weighted by Gasteiger charge is 1.99. The van der Waals surface area contributed by atoms with Crippen LogP contribution in [0.15, 0.2) is 71.2 Å². The molecule has 2 heterocycles. The predicted octanol–water partition coefficient (Wildman–Crippen LogP) is 3.82. The average Bonchev–Trinajstić information content (AvgIpc) is 2.99. The third-order valence-corrected chi connectivity index (χ3v) is 3.43. The summed E-state index contributed by atoms with van der Waals surface area (Å²) in [5, 5.41) is 10.8. The van der Waals surface area contributed by atoms with E-state index in [9.17, 15) is 0 Å². The van der Waals surface area contributed by atoms with Gasteiger partial charge in [-0.25, -0.2) is 9.66 Å². The molecule has 0 N–H and O–H groups in total. The Morgan fingerprint density at radius 1 is 1.25 bits per heavy atom. The second kappa shape index (κ2) is 8.62. The van der Waals surface area contributed by atoms with Gasteiger partial charge < -0.3 is 0 Å². The van der Waals surface area contributed by atoms with Gasteiger partial charge in [-0.1, -0.05) is 18.7 Å². The Hall–Kier alpha value is -2.95. The molecule has 0 atom stereocenters. The summed E-state index contributed by atoms with van der Waals surface area (Å²) >= 11 is 0. The first-order valence-electron chi connectivity index (χ1n) is 7.90. The average molecular weight is 321 g/mol. The molecule has 124 valence electrons. The molecule has 24 heavy (non-hydrogen) atoms. The van der Waals surface area contributed by atoms with Crippen LogP contribution in [0, 0.1) is 6.92 Å². The van der Waals surface area contributed by atoms with E-state index in [0.717, 1.165) is 29.3 Å². The zero-order valence-electron chi connectivity index (χ0n) is 14.4. The van der Waals surface area contributed by atoms with Crippen molar-refractivity contribution in [2.24, 2.45) is 10.2 Å². The van der Waals surface area contributed by atoms with Gasteiger partial charge in [-0.2, -0.15) is 10.2 Å². The van der Waals surface area contributed by atoms with Crippen molar-refractivity contribution in [1.29, 1.82) is 0 Å². The van der Waals surface area contributed by atoms with Crippen molar-refractivity contribution in [3.8, 4) is 0 Å². The zero-order valence-corrected chi connectivity index (χ0v) is 14.4. The van der Waals surface area contributed by atoms with Gasteiger partial charge in [0, 0.05) is 24.1 Å². The van der Waals surface area contributed by atoms with E-state index in [1.54, 1.807) is 18.5 Å². The van der Waals surface area contributed by atoms with Crippen molar-refractivity contribution in [3.05, 3.63) is 78.0 Å². The van der Waals surface area contributed by atoms with Crippen LogP contribution in [0.4, 0.5) is 0 Å². The topological polar surface area (TPSA) is 45.8 Å². The van der Waals surface area contributed by atoms with Crippen molar-refractivity contribution in [2.45, 2.75) is 20.8 Å². The lowest BCUT2D eigenvalue weighted by atomic mass is 10.3. The van der Waals surface area contributed by atoms with Crippen LogP contribution in [0.1, 0.15) is 30.9 Å². The Labute approximate surface area is 143 Å². The second-order valence-electron chi connectivity index (χ2n) is 5.23. The molecule has 2 aromatic heterocycles. The Morgan fingerprint density at radius 3 is 2.62 bits per heavy atom. The zero-order chi connectivity index (χ0) is 17.4. The monoisotopic (exact) mass is 321 g/mol. The number of pyridine rings is 1. The maximum Gasteiger partial charge on any atom is 0.0838 e. The lowest BCUT2D eigenvalue weighted by Gasteiger charge is -2.16. The molecule has 0 fully saturated rings. The van der Waals surface area contributed by atoms with Crippen molar-refractivity contribution in [3.63, 3.8) is 0 Å². The molecule has 5 heteroatoms. The van der Waals surface area contributed by atoms with E-state index in [0.29, 0.717) is 0 Å². The van der Waals surface area contributed by atoms with E-state index in [2.05, 4.69) is 21.8 Å². The molecule has 0 spiro atoms. The number of nitrogens with zero attached hydrogens (tertiary/aromatic N) is 5. The number of hydrogen-bond acceptors (Lipinski definition) is 4. The fourth-order valence-corrected chi connectivity index (χ4v) is 2.13. The van der Waals surface area contributed by atoms with E-state index in [1.807, 2.05) is 73.1 Å². The van der Waals surface area contributed by atoms with Gasteiger partial charge in [0.25, 0.3) is 0 Å². The smallest absolute Gasteiger partial charge is 0.0838 e. The maximum atomic E-state index is 4.54. The van der Waals surface area contributed by atoms with Gasteiger partial charge in [0.1, 0.15) is 0 Å². The van der Waals surface area contributed by atoms with Crippen LogP contribution >= 0.6 is 0 Å². The van der Waals surface area contributed by atoms with Crippen LogP contribution in [0.3, 0.4) is 0 Å². The van der Waals surface area contributed by atoms with Gasteiger partial charge in [0.15, 0.2) is 0 Å². The lowest BCUT2D eigenvalue weighted by Crippen LogP contribution is -2.14. The summed E-state index contributed by atoms with van der Waals surface area (Å²) in [7, 11) is 0. The van der Waals surface area contributed by atoms with Crippen LogP contribution in [-0.4, -0.2) is 33.6 Å². The highest BCUT2D eigenvalue weighted by molar-refractivity contribution is 5.81. The van der Waals surface area contributed by atoms with Gasteiger partial charge in [-0.15, -0.1) is 0 Å². The number of aryl methyl sites for hydroxylation is 1. The Bertz CT molecular complexity index is 768. The van der Waals surface area contributed by atoms with Crippen LogP contribution in [0.2, 0.25) is 0 Å². The summed E-state index contributed by atoms with van der Waals surface area (Å²) in [4.78, 5) is 4.54. The van der Waals surface area contributed by atoms with Crippen LogP contribution in [0.5, 0.6) is 0 Å². The molecular weight excluding hydrogens is 298 g/mol. The van der Waals surface area contributed by atoms with Crippen molar-refractivity contribution >= 4 is 12.4 Å². The summed E-state index contributed by atoms with van der Waals surface area (Å²) in [6.07, 6.45) is 9.08. The number of rotatable bonds is 7. The maximum absolute atomic E-state index is 4.54. The second-order valence-corrected chi connectivity index (χ2v) is 5.23. The van der Waals surface area contributed by atoms with Crippen LogP contribution in [-0.2, 0) is 0 Å². The molecule has 5 nitrogen and oxygen atoms in total. The fraction of sp³-hybridized carbons (Fsp3) is 0.211. The van der Waals surface area contributed by atoms with Gasteiger partial charge in [0.05, 0.1) is 23.8 Å². The molecule has 2 aromatic rings. The van der Waals surface area contributed by atoms with Crippen LogP contribution in [0.25, 0.3) is 0 Å². The molecule has 2 rings (SSSR count). The van der Waals surface area contributed by atoms with Crippen molar-refractivity contribution in [2.75, 3.05) is 6.54 Å². The lowest BCUT2D eigenvalue weighted by molar-refractivity contribution is 0.388. The summed E-state index contributed by atoms with van der Waals surface area (Å²) in [6.45, 7) is 10.5. The molecule has 0 aliphatic rings. The molecule has 0 aliphatic carbocycles. The van der Waals surface area contributed by atoms with E-state index >= 15 is 0 Å². The molecule has 0 saturated carbocycles. The van der Waals surface area contributed by atoms with Gasteiger partial charge in [-0.3, -0.25) is 5.01 Å². The standard InChI is InChI=1S/C19H23N5/c1-5-9-16(3)23(6-2)20-14-18-11-7-12-19(22-18)15-21-24-13-8-10-17(24)4/h5,7-15H,1,6H2,2-4H3/b16-9-,20-14+,21-15+. The summed E-state index contributed by atoms with van der Waals surface area (Å²) in [5.74, 6) is 0. The molecular formula is C19H23N5. The molecule has 0 bridgehead atoms. The molecule has 0 saturated heterocycles. The number of hydrazone groups is 1. The third-order valence-electron chi connectivity index (χ3n) is 3.43. The number of allylic oxidation sites excluding steroid dienone is 3. The number of aromatic nitrogens is 2. The van der Waals surface area contributed by atoms with Gasteiger partial charge in [-0.05, 0) is 51.1 Å². The Kier molecular flexibility index (Phi) is 6.25. The minimum absolute atomic E-state index is 0.779. The molecule has 0 amide bonds. The van der Waals surface area contributed by atoms with E-state index in [4.69, 9.17) is 0 Å². The Balaban J connectivity index is 2.14. The number of hydrogen-bond donors (Lipinski definition) is 0. The first-order chi connectivity index (χ1) is 11.6. The summed E-state index contributed by atoms with van der Waals surface area (Å²) < 4.78 is 1.81. The van der Waals surface area contributed by atoms with Gasteiger partial charge in [0.2, 0.25) is 0 Å². The summed E-state index contributed by atoms with van der Waals surface area (Å²) in [5.41, 5.74) is 3.68. The quantitative estimate of drug-likeness (QED) is 0.442. The predicted molar refractivity (Wildman–Crippen MR) is 100 cm³/mol. The molecule has 0 aliphatic heterocycles. The highest BCUT2D eigenvalue weighted by Crippen LogP contribution is 2.05. The minimum atomic E-state index is 0.779. The molecule has 0 unspecified atom stereocenters. The third kappa shape index (κ3) is 4.78. The van der Waals surface area contributed by atoms with E-state index < -0.39 is 0 Å². The van der Waals surface area contributed by atoms with Crippen molar-refractivity contribution < 1.29 is 0 Å². The first-order valence-corrected chi connectivity index (χ1v) is 7.90. The van der Waals surface area contributed by atoms with Gasteiger partial charge >= 0.3 is 0 Å². The van der Waals surface area contributed by atoms with Crippen LogP contribution < -0.4 is 0 Å². The highest BCUT2D eigenvalue weighted by atomic mass is 15.4. The van der Waals surface area contributed by atoms with E-state index in [-0.39, 0.29) is 0 Å².